The van der Waals surface area contributed by atoms with Crippen LogP contribution in [-0.4, -0.2) is 72.6 Å². The van der Waals surface area contributed by atoms with Crippen molar-refractivity contribution in [1.29, 1.82) is 0 Å². The number of hydrogen-bond acceptors (Lipinski definition) is 8. The van der Waals surface area contributed by atoms with Gasteiger partial charge in [0.15, 0.2) is 15.0 Å². The molecule has 0 aliphatic rings. The van der Waals surface area contributed by atoms with Crippen LogP contribution in [0.25, 0.3) is 10.2 Å². The summed E-state index contributed by atoms with van der Waals surface area (Å²) in [5.74, 6) is -0.335. The molecule has 0 radical (unpaired) electrons. The quantitative estimate of drug-likeness (QED) is 0.255. The minimum atomic E-state index is -3.83. The third kappa shape index (κ3) is 6.81. The molecule has 0 atom stereocenters. The van der Waals surface area contributed by atoms with Gasteiger partial charge in [-0.1, -0.05) is 29.5 Å². The monoisotopic (exact) mass is 622 g/mol. The highest BCUT2D eigenvalue weighted by molar-refractivity contribution is 7.92. The smallest absolute Gasteiger partial charge is 0.264 e. The molecule has 0 unspecified atom stereocenters. The average Bonchev–Trinajstić information content (AvgIpc) is 3.32. The number of thiazole rings is 1. The lowest BCUT2D eigenvalue weighted by molar-refractivity contribution is 0.0985. The summed E-state index contributed by atoms with van der Waals surface area (Å²) in [7, 11) is -3.43. The highest BCUT2D eigenvalue weighted by Crippen LogP contribution is 2.32. The lowest BCUT2D eigenvalue weighted by atomic mass is 10.2. The van der Waals surface area contributed by atoms with Crippen LogP contribution in [0.15, 0.2) is 82.6 Å². The first-order valence-electron chi connectivity index (χ1n) is 12.2. The molecular weight excluding hydrogens is 592 g/mol. The molecule has 0 saturated carbocycles. The van der Waals surface area contributed by atoms with Gasteiger partial charge in [-0.05, 0) is 75.6 Å². The van der Waals surface area contributed by atoms with Crippen LogP contribution in [-0.2, 0) is 19.9 Å². The summed E-state index contributed by atoms with van der Waals surface area (Å²) in [6.45, 7) is 2.92. The number of likely N-dealkylation sites (N-methyl/N-ethyl adjacent to an activating group) is 1. The van der Waals surface area contributed by atoms with E-state index >= 15 is 0 Å². The van der Waals surface area contributed by atoms with Crippen molar-refractivity contribution in [1.82, 2.24) is 9.88 Å². The molecule has 3 aromatic carbocycles. The van der Waals surface area contributed by atoms with Crippen molar-refractivity contribution in [2.45, 2.75) is 16.7 Å². The minimum absolute atomic E-state index is 0. The van der Waals surface area contributed by atoms with Crippen LogP contribution < -0.4 is 9.21 Å². The fraction of sp³-hybridized carbons (Fsp3) is 0.259. The predicted molar refractivity (Wildman–Crippen MR) is 163 cm³/mol. The molecule has 9 nitrogen and oxygen atoms in total. The van der Waals surface area contributed by atoms with E-state index in [0.717, 1.165) is 6.26 Å². The molecule has 0 spiro atoms. The molecule has 0 aliphatic heterocycles. The van der Waals surface area contributed by atoms with E-state index in [1.165, 1.54) is 50.9 Å². The van der Waals surface area contributed by atoms with Gasteiger partial charge in [-0.2, -0.15) is 0 Å². The van der Waals surface area contributed by atoms with E-state index in [2.05, 4.69) is 4.98 Å². The van der Waals surface area contributed by atoms with Crippen LogP contribution in [0.3, 0.4) is 0 Å². The molecule has 13 heteroatoms. The van der Waals surface area contributed by atoms with Gasteiger partial charge in [-0.25, -0.2) is 21.8 Å². The lowest BCUT2D eigenvalue weighted by Gasteiger charge is -2.24. The zero-order chi connectivity index (χ0) is 28.4. The van der Waals surface area contributed by atoms with Crippen LogP contribution in [0.1, 0.15) is 17.3 Å². The van der Waals surface area contributed by atoms with Crippen molar-refractivity contribution in [3.05, 3.63) is 78.4 Å². The van der Waals surface area contributed by atoms with Gasteiger partial charge in [0.1, 0.15) is 0 Å². The first-order chi connectivity index (χ1) is 18.4. The number of carbonyl (C=O) groups is 1. The van der Waals surface area contributed by atoms with Crippen LogP contribution in [0.5, 0.6) is 0 Å². The summed E-state index contributed by atoms with van der Waals surface area (Å²) in [6.07, 6.45) is 1.15. The van der Waals surface area contributed by atoms with Crippen molar-refractivity contribution in [3.63, 3.8) is 0 Å². The zero-order valence-corrected chi connectivity index (χ0v) is 25.8. The van der Waals surface area contributed by atoms with Crippen molar-refractivity contribution in [2.75, 3.05) is 49.2 Å². The van der Waals surface area contributed by atoms with E-state index in [4.69, 9.17) is 0 Å². The summed E-state index contributed by atoms with van der Waals surface area (Å²) < 4.78 is 52.7. The highest BCUT2D eigenvalue weighted by atomic mass is 35.5. The number of anilines is 2. The molecule has 1 amide bonds. The van der Waals surface area contributed by atoms with Crippen molar-refractivity contribution in [2.24, 2.45) is 0 Å². The second-order valence-electron chi connectivity index (χ2n) is 9.19. The molecule has 1 heterocycles. The van der Waals surface area contributed by atoms with Gasteiger partial charge in [0, 0.05) is 31.5 Å². The third-order valence-electron chi connectivity index (χ3n) is 6.04. The second-order valence-corrected chi connectivity index (χ2v) is 14.1. The van der Waals surface area contributed by atoms with E-state index in [1.807, 2.05) is 25.1 Å². The molecule has 0 N–H and O–H groups in total. The van der Waals surface area contributed by atoms with Crippen LogP contribution in [0, 0.1) is 0 Å². The van der Waals surface area contributed by atoms with Gasteiger partial charge < -0.3 is 4.90 Å². The first-order valence-corrected chi connectivity index (χ1v) is 16.3. The molecule has 4 rings (SSSR count). The Morgan fingerprint density at radius 3 is 2.08 bits per heavy atom. The number of amides is 1. The first kappa shape index (κ1) is 31.5. The molecular formula is C27H31ClN4O5S3. The molecule has 40 heavy (non-hydrogen) atoms. The second kappa shape index (κ2) is 12.6. The van der Waals surface area contributed by atoms with Crippen LogP contribution >= 0.6 is 23.7 Å². The molecule has 0 bridgehead atoms. The summed E-state index contributed by atoms with van der Waals surface area (Å²) in [6, 6.07) is 19.4. The number of hydrogen-bond donors (Lipinski definition) is 0. The number of nitrogens with zero attached hydrogens (tertiary/aromatic N) is 4. The predicted octanol–water partition coefficient (Wildman–Crippen LogP) is 4.55. The Kier molecular flexibility index (Phi) is 9.96. The summed E-state index contributed by atoms with van der Waals surface area (Å²) in [5, 5.41) is 0.431. The molecule has 1 aromatic heterocycles. The number of aromatic nitrogens is 1. The number of benzene rings is 3. The standard InChI is InChI=1S/C27H30N4O5S3.ClH/c1-5-31(21-9-7-6-8-10-21)39(35,36)22-13-11-20(12-14-22)26(32)30(18-17-29(2)3)27-28-24-16-15-23(38(4,33)34)19-25(24)37-27;/h6-16,19H,5,17-18H2,1-4H3;1H. The van der Waals surface area contributed by atoms with Gasteiger partial charge in [-0.3, -0.25) is 14.0 Å². The summed E-state index contributed by atoms with van der Waals surface area (Å²) in [4.78, 5) is 22.0. The van der Waals surface area contributed by atoms with E-state index < -0.39 is 19.9 Å². The number of para-hydroxylation sites is 1. The van der Waals surface area contributed by atoms with E-state index in [-0.39, 0.29) is 34.6 Å². The Hall–Kier alpha value is -3.03. The molecule has 0 saturated heterocycles. The van der Waals surface area contributed by atoms with Crippen molar-refractivity contribution < 1.29 is 21.6 Å². The summed E-state index contributed by atoms with van der Waals surface area (Å²) >= 11 is 1.23. The molecule has 0 aliphatic carbocycles. The van der Waals surface area contributed by atoms with Crippen LogP contribution in [0.4, 0.5) is 10.8 Å². The van der Waals surface area contributed by atoms with Gasteiger partial charge in [-0.15, -0.1) is 12.4 Å². The minimum Gasteiger partial charge on any atom is -0.308 e. The topological polar surface area (TPSA) is 108 Å². The Balaban J connectivity index is 0.00000441. The maximum atomic E-state index is 13.7. The number of sulfone groups is 1. The van der Waals surface area contributed by atoms with Crippen molar-refractivity contribution in [3.8, 4) is 0 Å². The third-order valence-corrected chi connectivity index (χ3v) is 10.1. The molecule has 4 aromatic rings. The van der Waals surface area contributed by atoms with Gasteiger partial charge in [0.2, 0.25) is 0 Å². The maximum absolute atomic E-state index is 13.7. The van der Waals surface area contributed by atoms with E-state index in [9.17, 15) is 21.6 Å². The fourth-order valence-corrected chi connectivity index (χ4v) is 7.19. The van der Waals surface area contributed by atoms with E-state index in [0.29, 0.717) is 39.7 Å². The zero-order valence-electron chi connectivity index (χ0n) is 22.5. The van der Waals surface area contributed by atoms with Gasteiger partial charge >= 0.3 is 0 Å². The highest BCUT2D eigenvalue weighted by Gasteiger charge is 2.26. The Morgan fingerprint density at radius 2 is 1.50 bits per heavy atom. The van der Waals surface area contributed by atoms with Gasteiger partial charge in [0.25, 0.3) is 15.9 Å². The average molecular weight is 623 g/mol. The lowest BCUT2D eigenvalue weighted by Crippen LogP contribution is -2.36. The molecule has 0 fully saturated rings. The van der Waals surface area contributed by atoms with Crippen LogP contribution in [0.2, 0.25) is 0 Å². The number of sulfonamides is 1. The Labute approximate surface area is 245 Å². The normalized spacial score (nSPS) is 11.8. The Morgan fingerprint density at radius 1 is 0.875 bits per heavy atom. The number of fused-ring (bicyclic) bond motifs is 1. The van der Waals surface area contributed by atoms with Crippen molar-refractivity contribution >= 4 is 70.5 Å². The number of halogens is 1. The summed E-state index contributed by atoms with van der Waals surface area (Å²) in [5.41, 5.74) is 1.46. The number of rotatable bonds is 10. The maximum Gasteiger partial charge on any atom is 0.264 e. The Bertz CT molecular complexity index is 1690. The SMILES string of the molecule is CCN(c1ccccc1)S(=O)(=O)c1ccc(C(=O)N(CCN(C)C)c2nc3ccc(S(C)(=O)=O)cc3s2)cc1.Cl. The molecule has 214 valence electrons. The fourth-order valence-electron chi connectivity index (χ4n) is 3.96. The van der Waals surface area contributed by atoms with E-state index in [1.54, 1.807) is 43.3 Å². The number of carbonyl (C=O) groups excluding carboxylic acids is 1. The largest absolute Gasteiger partial charge is 0.308 e. The van der Waals surface area contributed by atoms with Gasteiger partial charge in [0.05, 0.1) is 25.7 Å².